The zero-order chi connectivity index (χ0) is 20.6. The zero-order valence-corrected chi connectivity index (χ0v) is 26.2. The molecule has 31 heavy (non-hydrogen) atoms. The Morgan fingerprint density at radius 2 is 1.13 bits per heavy atom. The number of hydrogen-bond donors (Lipinski definition) is 0. The molecule has 0 amide bonds. The second-order valence-corrected chi connectivity index (χ2v) is 26.2. The number of halogens is 2. The van der Waals surface area contributed by atoms with Gasteiger partial charge in [0.25, 0.3) is 0 Å². The largest absolute Gasteiger partial charge is 1.00 e. The van der Waals surface area contributed by atoms with Crippen LogP contribution in [0, 0.1) is 0 Å². The molecule has 0 saturated carbocycles. The first-order valence-electron chi connectivity index (χ1n) is 12.5. The molecule has 2 atom stereocenters. The van der Waals surface area contributed by atoms with Gasteiger partial charge in [0.05, 0.1) is 0 Å². The van der Waals surface area contributed by atoms with Gasteiger partial charge < -0.3 is 24.8 Å². The van der Waals surface area contributed by atoms with Crippen LogP contribution in [0.5, 0.6) is 0 Å². The molecule has 2 fully saturated rings. The van der Waals surface area contributed by atoms with Crippen LogP contribution in [0.15, 0.2) is 46.8 Å². The third-order valence-corrected chi connectivity index (χ3v) is 23.6. The van der Waals surface area contributed by atoms with Crippen LogP contribution in [0.2, 0.25) is 42.5 Å². The van der Waals surface area contributed by atoms with Gasteiger partial charge in [-0.3, -0.25) is 0 Å². The maximum Gasteiger partial charge on any atom is -1.00 e. The number of allylic oxidation sites excluding steroid dienone is 8. The van der Waals surface area contributed by atoms with Crippen LogP contribution >= 0.6 is 0 Å². The molecule has 172 valence electrons. The molecule has 4 rings (SSSR count). The van der Waals surface area contributed by atoms with Gasteiger partial charge in [-0.05, 0) is 0 Å². The van der Waals surface area contributed by atoms with Crippen molar-refractivity contribution in [3.63, 3.8) is 0 Å². The summed E-state index contributed by atoms with van der Waals surface area (Å²) < 4.78 is 0.868. The van der Waals surface area contributed by atoms with Crippen molar-refractivity contribution >= 4 is 16.1 Å². The molecule has 2 aliphatic heterocycles. The Morgan fingerprint density at radius 1 is 0.742 bits per heavy atom. The fourth-order valence-electron chi connectivity index (χ4n) is 6.36. The van der Waals surface area contributed by atoms with Crippen LogP contribution in [0.25, 0.3) is 0 Å². The Bertz CT molecular complexity index is 687. The van der Waals surface area contributed by atoms with Crippen LogP contribution in [0.3, 0.4) is 0 Å². The summed E-state index contributed by atoms with van der Waals surface area (Å²) in [5.41, 5.74) is 0. The summed E-state index contributed by atoms with van der Waals surface area (Å²) >= 11 is -0.644. The summed E-state index contributed by atoms with van der Waals surface area (Å²) in [6.45, 7) is 9.91. The molecule has 0 radical (unpaired) electrons. The Morgan fingerprint density at radius 3 is 1.42 bits per heavy atom. The van der Waals surface area contributed by atoms with Crippen molar-refractivity contribution in [2.75, 3.05) is 0 Å². The van der Waals surface area contributed by atoms with Crippen LogP contribution in [-0.4, -0.2) is 16.1 Å². The van der Waals surface area contributed by atoms with E-state index in [0.29, 0.717) is 6.25 Å². The third-order valence-electron chi connectivity index (χ3n) is 8.53. The Kier molecular flexibility index (Phi) is 10.0. The van der Waals surface area contributed by atoms with Crippen molar-refractivity contribution in [2.24, 2.45) is 0 Å². The summed E-state index contributed by atoms with van der Waals surface area (Å²) in [6, 6.07) is 9.45. The van der Waals surface area contributed by atoms with Gasteiger partial charge in [-0.1, -0.05) is 0 Å². The third kappa shape index (κ3) is 5.75. The van der Waals surface area contributed by atoms with E-state index in [9.17, 15) is 0 Å². The molecule has 0 bridgehead atoms. The van der Waals surface area contributed by atoms with E-state index < -0.39 is 39.4 Å². The van der Waals surface area contributed by atoms with E-state index >= 15 is 0 Å². The molecule has 2 unspecified atom stereocenters. The molecule has 0 aromatic carbocycles. The minimum absolute atomic E-state index is 0. The molecular weight excluding hydrogens is 531 g/mol. The molecule has 2 heterocycles. The zero-order valence-electron chi connectivity index (χ0n) is 20.2. The molecule has 2 saturated heterocycles. The minimum atomic E-state index is -1.08. The Labute approximate surface area is 218 Å². The molecule has 0 spiro atoms. The minimum Gasteiger partial charge on any atom is -1.00 e. The van der Waals surface area contributed by atoms with E-state index in [-0.39, 0.29) is 24.8 Å². The summed E-state index contributed by atoms with van der Waals surface area (Å²) in [6.07, 6.45) is 24.9. The van der Waals surface area contributed by atoms with Gasteiger partial charge in [-0.25, -0.2) is 0 Å². The average molecular weight is 573 g/mol. The van der Waals surface area contributed by atoms with Crippen molar-refractivity contribution in [3.05, 3.63) is 46.8 Å². The van der Waals surface area contributed by atoms with Crippen LogP contribution < -0.4 is 24.8 Å². The Balaban J connectivity index is 0.00000171. The predicted molar refractivity (Wildman–Crippen MR) is 131 cm³/mol. The number of rotatable bonds is 10. The summed E-state index contributed by atoms with van der Waals surface area (Å²) in [5, 5.41) is 3.73. The molecule has 0 aromatic rings. The summed E-state index contributed by atoms with van der Waals surface area (Å²) in [5.74, 6) is 0. The van der Waals surface area contributed by atoms with Crippen molar-refractivity contribution < 1.29 is 48.0 Å². The molecule has 0 N–H and O–H groups in total. The molecule has 4 aliphatic rings. The molecular formula is C26H42Cl2Si2Zr. The van der Waals surface area contributed by atoms with E-state index in [0.717, 1.165) is 0 Å². The average Bonchev–Trinajstić information content (AvgIpc) is 3.17. The smallest absolute Gasteiger partial charge is 1.00 e. The van der Waals surface area contributed by atoms with E-state index in [1.54, 1.807) is 36.3 Å². The predicted octanol–water partition coefficient (Wildman–Crippen LogP) is 2.81. The van der Waals surface area contributed by atoms with Crippen LogP contribution in [-0.2, 0) is 23.2 Å². The first-order valence-corrected chi connectivity index (χ1v) is 20.2. The molecule has 2 aliphatic carbocycles. The second kappa shape index (κ2) is 11.1. The van der Waals surface area contributed by atoms with Crippen LogP contribution in [0.4, 0.5) is 0 Å². The van der Waals surface area contributed by atoms with Crippen LogP contribution in [0.1, 0.15) is 66.2 Å². The van der Waals surface area contributed by atoms with E-state index in [1.807, 2.05) is 10.4 Å². The number of unbranched alkanes of at least 4 members (excludes halogenated alkanes) is 2. The van der Waals surface area contributed by atoms with E-state index in [1.165, 1.54) is 38.5 Å². The summed E-state index contributed by atoms with van der Waals surface area (Å²) in [4.78, 5) is 0. The van der Waals surface area contributed by atoms with Gasteiger partial charge in [0.1, 0.15) is 0 Å². The van der Waals surface area contributed by atoms with Crippen molar-refractivity contribution in [1.82, 2.24) is 0 Å². The normalized spacial score (nSPS) is 31.5. The van der Waals surface area contributed by atoms with Crippen molar-refractivity contribution in [3.8, 4) is 0 Å². The molecule has 0 aromatic heterocycles. The maximum atomic E-state index is 2.82. The number of hydrogen-bond acceptors (Lipinski definition) is 0. The fourth-order valence-corrected chi connectivity index (χ4v) is 21.2. The summed E-state index contributed by atoms with van der Waals surface area (Å²) in [7, 11) is -2.16. The van der Waals surface area contributed by atoms with Crippen molar-refractivity contribution in [2.45, 2.75) is 109 Å². The van der Waals surface area contributed by atoms with Gasteiger partial charge in [0.2, 0.25) is 0 Å². The SMILES string of the molecule is CCCC[Si]1(C2=C[C](C)([Zr+2][C]3(C)C=CC([Si]4(CCCC)CCC4)=C3)C=C2)CCC1.[Cl-].[Cl-]. The van der Waals surface area contributed by atoms with Gasteiger partial charge >= 0.3 is 195 Å². The topological polar surface area (TPSA) is 0 Å². The Hall–Kier alpha value is 0.857. The second-order valence-electron chi connectivity index (χ2n) is 11.0. The first-order chi connectivity index (χ1) is 13.9. The maximum absolute atomic E-state index is 2.82. The quantitative estimate of drug-likeness (QED) is 0.354. The van der Waals surface area contributed by atoms with Gasteiger partial charge in [-0.15, -0.1) is 0 Å². The fraction of sp³-hybridized carbons (Fsp3) is 0.692. The van der Waals surface area contributed by atoms with E-state index in [4.69, 9.17) is 0 Å². The van der Waals surface area contributed by atoms with Crippen molar-refractivity contribution in [1.29, 1.82) is 0 Å². The van der Waals surface area contributed by atoms with Gasteiger partial charge in [0.15, 0.2) is 0 Å². The molecule has 0 nitrogen and oxygen atoms in total. The van der Waals surface area contributed by atoms with E-state index in [2.05, 4.69) is 64.2 Å². The first kappa shape index (κ1) is 28.1. The standard InChI is InChI=1S/2C13H21Si.2ClH.Zr/c2*1-3-4-8-14(9-5-10-14)13-7-6-12(2)11-13;;;/h2*6-7,11H,3-5,8-10H2,1-2H3;2*1H;/q;;;;+2/p-2. The monoisotopic (exact) mass is 570 g/mol. The van der Waals surface area contributed by atoms with Gasteiger partial charge in [0, 0.05) is 0 Å². The molecule has 5 heteroatoms. The van der Waals surface area contributed by atoms with Gasteiger partial charge in [-0.2, -0.15) is 0 Å².